The summed E-state index contributed by atoms with van der Waals surface area (Å²) in [7, 11) is 0. The van der Waals surface area contributed by atoms with E-state index in [9.17, 15) is 9.59 Å². The van der Waals surface area contributed by atoms with Crippen LogP contribution in [0.4, 0.5) is 5.69 Å². The van der Waals surface area contributed by atoms with Crippen LogP contribution in [-0.4, -0.2) is 21.8 Å². The molecule has 1 N–H and O–H groups in total. The first-order chi connectivity index (χ1) is 14.2. The van der Waals surface area contributed by atoms with Gasteiger partial charge in [-0.15, -0.1) is 5.10 Å². The van der Waals surface area contributed by atoms with Gasteiger partial charge in [0.05, 0.1) is 5.69 Å². The van der Waals surface area contributed by atoms with Gasteiger partial charge in [-0.2, -0.15) is 4.68 Å². The first-order valence-corrected chi connectivity index (χ1v) is 10.00. The van der Waals surface area contributed by atoms with Gasteiger partial charge >= 0.3 is 0 Å². The molecule has 1 aromatic heterocycles. The molecule has 0 aliphatic rings. The highest BCUT2D eigenvalue weighted by Crippen LogP contribution is 2.18. The van der Waals surface area contributed by atoms with Gasteiger partial charge in [-0.25, -0.2) is 0 Å². The lowest BCUT2D eigenvalue weighted by atomic mass is 10.0. The Morgan fingerprint density at radius 3 is 2.30 bits per heavy atom. The summed E-state index contributed by atoms with van der Waals surface area (Å²) in [6, 6.07) is 16.2. The van der Waals surface area contributed by atoms with Crippen LogP contribution in [-0.2, 0) is 4.79 Å². The summed E-state index contributed by atoms with van der Waals surface area (Å²) in [5.41, 5.74) is 4.47. The van der Waals surface area contributed by atoms with Gasteiger partial charge in [0.15, 0.2) is 6.10 Å². The van der Waals surface area contributed by atoms with Crippen LogP contribution in [0.2, 0.25) is 0 Å². The molecule has 0 aliphatic heterocycles. The first kappa shape index (κ1) is 21.3. The summed E-state index contributed by atoms with van der Waals surface area (Å²) in [4.78, 5) is 24.8. The third kappa shape index (κ3) is 4.95. The summed E-state index contributed by atoms with van der Waals surface area (Å²) >= 11 is 0. The molecule has 0 saturated heterocycles. The molecule has 1 heterocycles. The predicted octanol–water partition coefficient (Wildman–Crippen LogP) is 4.38. The van der Waals surface area contributed by atoms with Gasteiger partial charge in [-0.3, -0.25) is 9.59 Å². The summed E-state index contributed by atoms with van der Waals surface area (Å²) in [6.07, 6.45) is -0.784. The minimum atomic E-state index is -0.784. The zero-order valence-corrected chi connectivity index (χ0v) is 18.0. The number of aryl methyl sites for hydroxylation is 2. The van der Waals surface area contributed by atoms with Gasteiger partial charge in [0.2, 0.25) is 5.88 Å². The second kappa shape index (κ2) is 8.95. The van der Waals surface area contributed by atoms with E-state index in [4.69, 9.17) is 4.74 Å². The summed E-state index contributed by atoms with van der Waals surface area (Å²) < 4.78 is 6.97. The third-order valence-electron chi connectivity index (χ3n) is 5.02. The molecule has 0 saturated carbocycles. The Kier molecular flexibility index (Phi) is 6.35. The van der Waals surface area contributed by atoms with E-state index < -0.39 is 6.10 Å². The number of carbonyl (C=O) groups is 1. The fraction of sp³-hybridized carbons (Fsp3) is 0.292. The van der Waals surface area contributed by atoms with Crippen molar-refractivity contribution >= 4 is 11.6 Å². The summed E-state index contributed by atoms with van der Waals surface area (Å²) in [6.45, 7) is 9.86. The Labute approximate surface area is 176 Å². The van der Waals surface area contributed by atoms with Crippen molar-refractivity contribution in [1.82, 2.24) is 9.78 Å². The monoisotopic (exact) mass is 405 g/mol. The Morgan fingerprint density at radius 2 is 1.67 bits per heavy atom. The zero-order chi connectivity index (χ0) is 21.8. The highest BCUT2D eigenvalue weighted by Gasteiger charge is 2.16. The molecule has 156 valence electrons. The SMILES string of the molecule is Cc1ccc(-n2nc(O[C@H](C)C(=O)Nc3ccc(C(C)C)cc3)ccc2=O)cc1C. The standard InChI is InChI=1S/C24H27N3O3/c1-15(2)19-7-9-20(10-8-19)25-24(29)18(5)30-22-12-13-23(28)27(26-22)21-11-6-16(3)17(4)14-21/h6-15,18H,1-5H3,(H,25,29)/t18-/m1/s1. The maximum Gasteiger partial charge on any atom is 0.271 e. The van der Waals surface area contributed by atoms with E-state index in [-0.39, 0.29) is 17.3 Å². The molecule has 2 aromatic carbocycles. The molecule has 0 radical (unpaired) electrons. The molecule has 1 atom stereocenters. The lowest BCUT2D eigenvalue weighted by Crippen LogP contribution is -2.31. The van der Waals surface area contributed by atoms with E-state index in [0.717, 1.165) is 11.1 Å². The molecular weight excluding hydrogens is 378 g/mol. The fourth-order valence-electron chi connectivity index (χ4n) is 2.93. The summed E-state index contributed by atoms with van der Waals surface area (Å²) in [5.74, 6) is 0.333. The van der Waals surface area contributed by atoms with Crippen molar-refractivity contribution in [2.24, 2.45) is 0 Å². The molecule has 0 bridgehead atoms. The number of amides is 1. The average molecular weight is 405 g/mol. The molecule has 3 aromatic rings. The van der Waals surface area contributed by atoms with E-state index in [1.807, 2.05) is 56.3 Å². The van der Waals surface area contributed by atoms with Crippen LogP contribution in [0.5, 0.6) is 5.88 Å². The van der Waals surface area contributed by atoms with Crippen molar-refractivity contribution in [3.05, 3.63) is 81.6 Å². The quantitative estimate of drug-likeness (QED) is 0.661. The number of ether oxygens (including phenoxy) is 1. The van der Waals surface area contributed by atoms with Gasteiger partial charge < -0.3 is 10.1 Å². The fourth-order valence-corrected chi connectivity index (χ4v) is 2.93. The lowest BCUT2D eigenvalue weighted by Gasteiger charge is -2.15. The van der Waals surface area contributed by atoms with Gasteiger partial charge in [0, 0.05) is 17.8 Å². The normalized spacial score (nSPS) is 11.9. The minimum absolute atomic E-state index is 0.200. The van der Waals surface area contributed by atoms with Crippen molar-refractivity contribution in [2.45, 2.75) is 46.6 Å². The number of rotatable bonds is 6. The number of hydrogen-bond acceptors (Lipinski definition) is 4. The van der Waals surface area contributed by atoms with Gasteiger partial charge in [0.25, 0.3) is 11.5 Å². The largest absolute Gasteiger partial charge is 0.463 e. The molecule has 6 nitrogen and oxygen atoms in total. The summed E-state index contributed by atoms with van der Waals surface area (Å²) in [5, 5.41) is 7.11. The topological polar surface area (TPSA) is 73.2 Å². The Morgan fingerprint density at radius 1 is 0.967 bits per heavy atom. The van der Waals surface area contributed by atoms with Gasteiger partial charge in [-0.05, 0) is 67.6 Å². The first-order valence-electron chi connectivity index (χ1n) is 10.00. The Bertz CT molecular complexity index is 1100. The number of aromatic nitrogens is 2. The Balaban J connectivity index is 1.73. The molecule has 6 heteroatoms. The highest BCUT2D eigenvalue weighted by molar-refractivity contribution is 5.94. The van der Waals surface area contributed by atoms with Crippen LogP contribution < -0.4 is 15.6 Å². The van der Waals surface area contributed by atoms with E-state index in [2.05, 4.69) is 24.3 Å². The molecule has 0 aliphatic carbocycles. The second-order valence-corrected chi connectivity index (χ2v) is 7.72. The third-order valence-corrected chi connectivity index (χ3v) is 5.02. The van der Waals surface area contributed by atoms with Crippen molar-refractivity contribution in [3.63, 3.8) is 0 Å². The van der Waals surface area contributed by atoms with Gasteiger partial charge in [-0.1, -0.05) is 32.0 Å². The van der Waals surface area contributed by atoms with Crippen LogP contribution in [0.1, 0.15) is 43.4 Å². The number of nitrogens with zero attached hydrogens (tertiary/aromatic N) is 2. The van der Waals surface area contributed by atoms with Gasteiger partial charge in [0.1, 0.15) is 0 Å². The van der Waals surface area contributed by atoms with E-state index in [0.29, 0.717) is 17.3 Å². The van der Waals surface area contributed by atoms with Crippen LogP contribution in [0.25, 0.3) is 5.69 Å². The maximum absolute atomic E-state index is 12.5. The Hall–Kier alpha value is -3.41. The average Bonchev–Trinajstić information content (AvgIpc) is 2.72. The van der Waals surface area contributed by atoms with E-state index >= 15 is 0 Å². The number of benzene rings is 2. The lowest BCUT2D eigenvalue weighted by molar-refractivity contribution is -0.122. The molecule has 1 amide bonds. The smallest absolute Gasteiger partial charge is 0.271 e. The molecular formula is C24H27N3O3. The number of nitrogens with one attached hydrogen (secondary N) is 1. The van der Waals surface area contributed by atoms with Crippen LogP contribution in [0.3, 0.4) is 0 Å². The van der Waals surface area contributed by atoms with Crippen LogP contribution in [0.15, 0.2) is 59.4 Å². The number of hydrogen-bond donors (Lipinski definition) is 1. The molecule has 30 heavy (non-hydrogen) atoms. The number of anilines is 1. The molecule has 0 unspecified atom stereocenters. The zero-order valence-electron chi connectivity index (χ0n) is 18.0. The van der Waals surface area contributed by atoms with Crippen molar-refractivity contribution < 1.29 is 9.53 Å². The molecule has 0 spiro atoms. The van der Waals surface area contributed by atoms with Crippen molar-refractivity contribution in [3.8, 4) is 11.6 Å². The minimum Gasteiger partial charge on any atom is -0.463 e. The molecule has 0 fully saturated rings. The van der Waals surface area contributed by atoms with Crippen molar-refractivity contribution in [2.75, 3.05) is 5.32 Å². The maximum atomic E-state index is 12.5. The molecule has 3 rings (SSSR count). The van der Waals surface area contributed by atoms with E-state index in [1.165, 1.54) is 22.4 Å². The van der Waals surface area contributed by atoms with Crippen LogP contribution >= 0.6 is 0 Å². The highest BCUT2D eigenvalue weighted by atomic mass is 16.5. The van der Waals surface area contributed by atoms with Crippen LogP contribution in [0, 0.1) is 13.8 Å². The van der Waals surface area contributed by atoms with Crippen molar-refractivity contribution in [1.29, 1.82) is 0 Å². The second-order valence-electron chi connectivity index (χ2n) is 7.72. The van der Waals surface area contributed by atoms with E-state index in [1.54, 1.807) is 6.92 Å². The number of carbonyl (C=O) groups excluding carboxylic acids is 1. The predicted molar refractivity (Wildman–Crippen MR) is 119 cm³/mol.